The van der Waals surface area contributed by atoms with Crippen LogP contribution in [0.25, 0.3) is 0 Å². The summed E-state index contributed by atoms with van der Waals surface area (Å²) >= 11 is 0. The standard InChI is InChI=1S/C21H28N4O/c1-23-11-13-25(14-12-23)21(26)20(16-22)17-24-9-7-19(8-10-24)15-18-5-3-2-4-6-18/h2-6,17,19H,7-15H2,1H3/b20-17-. The number of nitrogens with zero attached hydrogens (tertiary/aromatic N) is 4. The van der Waals surface area contributed by atoms with E-state index in [4.69, 9.17) is 0 Å². The third-order valence-corrected chi connectivity index (χ3v) is 5.47. The third kappa shape index (κ3) is 4.86. The van der Waals surface area contributed by atoms with E-state index in [0.29, 0.717) is 19.0 Å². The Morgan fingerprint density at radius 1 is 1.12 bits per heavy atom. The fraction of sp³-hybridized carbons (Fsp3) is 0.524. The molecule has 1 amide bonds. The van der Waals surface area contributed by atoms with Gasteiger partial charge in [0.2, 0.25) is 0 Å². The molecule has 3 rings (SSSR count). The molecule has 0 saturated carbocycles. The lowest BCUT2D eigenvalue weighted by Crippen LogP contribution is -2.47. The van der Waals surface area contributed by atoms with Gasteiger partial charge in [-0.3, -0.25) is 4.79 Å². The summed E-state index contributed by atoms with van der Waals surface area (Å²) in [6, 6.07) is 12.7. The van der Waals surface area contributed by atoms with Gasteiger partial charge in [0, 0.05) is 45.5 Å². The van der Waals surface area contributed by atoms with Crippen molar-refractivity contribution in [2.24, 2.45) is 5.92 Å². The highest BCUT2D eigenvalue weighted by Crippen LogP contribution is 2.22. The Hall–Kier alpha value is -2.32. The Morgan fingerprint density at radius 2 is 1.77 bits per heavy atom. The summed E-state index contributed by atoms with van der Waals surface area (Å²) in [5.41, 5.74) is 1.67. The first-order chi connectivity index (χ1) is 12.7. The lowest BCUT2D eigenvalue weighted by molar-refractivity contribution is -0.128. The minimum Gasteiger partial charge on any atom is -0.376 e. The van der Waals surface area contributed by atoms with Gasteiger partial charge in [0.15, 0.2) is 0 Å². The first kappa shape index (κ1) is 18.5. The summed E-state index contributed by atoms with van der Waals surface area (Å²) in [7, 11) is 2.06. The van der Waals surface area contributed by atoms with Crippen LogP contribution in [0.2, 0.25) is 0 Å². The molecule has 0 atom stereocenters. The highest BCUT2D eigenvalue weighted by atomic mass is 16.2. The lowest BCUT2D eigenvalue weighted by atomic mass is 9.90. The Bertz CT molecular complexity index is 663. The number of likely N-dealkylation sites (tertiary alicyclic amines) is 1. The zero-order chi connectivity index (χ0) is 18.4. The van der Waals surface area contributed by atoms with Gasteiger partial charge in [0.05, 0.1) is 0 Å². The van der Waals surface area contributed by atoms with E-state index in [9.17, 15) is 10.1 Å². The maximum atomic E-state index is 12.6. The monoisotopic (exact) mass is 352 g/mol. The topological polar surface area (TPSA) is 50.6 Å². The summed E-state index contributed by atoms with van der Waals surface area (Å²) in [4.78, 5) is 18.8. The molecular formula is C21H28N4O. The molecule has 0 spiro atoms. The van der Waals surface area contributed by atoms with Crippen molar-refractivity contribution >= 4 is 5.91 Å². The molecule has 138 valence electrons. The minimum absolute atomic E-state index is 0.119. The molecule has 0 aromatic heterocycles. The molecule has 0 aliphatic carbocycles. The lowest BCUT2D eigenvalue weighted by Gasteiger charge is -2.33. The molecule has 0 radical (unpaired) electrons. The predicted molar refractivity (Wildman–Crippen MR) is 102 cm³/mol. The number of piperazine rings is 1. The van der Waals surface area contributed by atoms with E-state index in [1.807, 2.05) is 0 Å². The average molecular weight is 352 g/mol. The van der Waals surface area contributed by atoms with Crippen LogP contribution in [0, 0.1) is 17.2 Å². The molecule has 2 aliphatic rings. The van der Waals surface area contributed by atoms with E-state index in [2.05, 4.69) is 53.2 Å². The van der Waals surface area contributed by atoms with Crippen LogP contribution in [0.4, 0.5) is 0 Å². The van der Waals surface area contributed by atoms with Crippen LogP contribution in [0.3, 0.4) is 0 Å². The quantitative estimate of drug-likeness (QED) is 0.615. The molecule has 2 heterocycles. The zero-order valence-corrected chi connectivity index (χ0v) is 15.6. The molecule has 2 saturated heterocycles. The van der Waals surface area contributed by atoms with E-state index in [1.165, 1.54) is 5.56 Å². The number of carbonyl (C=O) groups excluding carboxylic acids is 1. The Kier molecular flexibility index (Phi) is 6.30. The Balaban J connectivity index is 1.52. The number of likely N-dealkylation sites (N-methyl/N-ethyl adjacent to an activating group) is 1. The van der Waals surface area contributed by atoms with Crippen LogP contribution in [-0.4, -0.2) is 66.9 Å². The van der Waals surface area contributed by atoms with Crippen molar-refractivity contribution in [3.05, 3.63) is 47.7 Å². The Morgan fingerprint density at radius 3 is 2.38 bits per heavy atom. The SMILES string of the molecule is CN1CCN(C(=O)/C(C#N)=C\N2CCC(Cc3ccccc3)CC2)CC1. The number of amides is 1. The van der Waals surface area contributed by atoms with Crippen molar-refractivity contribution in [1.82, 2.24) is 14.7 Å². The smallest absolute Gasteiger partial charge is 0.266 e. The second-order valence-corrected chi connectivity index (χ2v) is 7.42. The highest BCUT2D eigenvalue weighted by Gasteiger charge is 2.24. The van der Waals surface area contributed by atoms with Crippen LogP contribution >= 0.6 is 0 Å². The number of carbonyl (C=O) groups is 1. The summed E-state index contributed by atoms with van der Waals surface area (Å²) in [6.07, 6.45) is 5.11. The molecule has 0 N–H and O–H groups in total. The number of rotatable bonds is 4. The van der Waals surface area contributed by atoms with Crippen molar-refractivity contribution in [3.8, 4) is 6.07 Å². The normalized spacial score (nSPS) is 20.1. The minimum atomic E-state index is -0.119. The van der Waals surface area contributed by atoms with Crippen molar-refractivity contribution in [3.63, 3.8) is 0 Å². The van der Waals surface area contributed by atoms with Gasteiger partial charge in [-0.2, -0.15) is 5.26 Å². The summed E-state index contributed by atoms with van der Waals surface area (Å²) in [5, 5.41) is 9.45. The maximum Gasteiger partial charge on any atom is 0.266 e. The van der Waals surface area contributed by atoms with Crippen LogP contribution in [-0.2, 0) is 11.2 Å². The molecule has 0 unspecified atom stereocenters. The van der Waals surface area contributed by atoms with Gasteiger partial charge in [-0.15, -0.1) is 0 Å². The fourth-order valence-corrected chi connectivity index (χ4v) is 3.73. The number of piperidine rings is 1. The summed E-state index contributed by atoms with van der Waals surface area (Å²) in [5.74, 6) is 0.563. The zero-order valence-electron chi connectivity index (χ0n) is 15.6. The van der Waals surface area contributed by atoms with Crippen molar-refractivity contribution in [2.45, 2.75) is 19.3 Å². The van der Waals surface area contributed by atoms with Crippen molar-refractivity contribution < 1.29 is 4.79 Å². The van der Waals surface area contributed by atoms with Crippen molar-refractivity contribution in [1.29, 1.82) is 5.26 Å². The number of hydrogen-bond acceptors (Lipinski definition) is 4. The van der Waals surface area contributed by atoms with Crippen LogP contribution in [0.5, 0.6) is 0 Å². The number of hydrogen-bond donors (Lipinski definition) is 0. The van der Waals surface area contributed by atoms with Gasteiger partial charge >= 0.3 is 0 Å². The maximum absolute atomic E-state index is 12.6. The molecule has 2 fully saturated rings. The largest absolute Gasteiger partial charge is 0.376 e. The number of benzene rings is 1. The van der Waals surface area contributed by atoms with Gasteiger partial charge in [0.25, 0.3) is 5.91 Å². The highest BCUT2D eigenvalue weighted by molar-refractivity contribution is 5.97. The van der Waals surface area contributed by atoms with Crippen LogP contribution in [0.15, 0.2) is 42.1 Å². The summed E-state index contributed by atoms with van der Waals surface area (Å²) < 4.78 is 0. The Labute approximate surface area is 156 Å². The van der Waals surface area contributed by atoms with E-state index >= 15 is 0 Å². The molecular weight excluding hydrogens is 324 g/mol. The van der Waals surface area contributed by atoms with E-state index in [1.54, 1.807) is 11.1 Å². The molecule has 1 aromatic carbocycles. The second-order valence-electron chi connectivity index (χ2n) is 7.42. The van der Waals surface area contributed by atoms with E-state index in [-0.39, 0.29) is 11.5 Å². The fourth-order valence-electron chi connectivity index (χ4n) is 3.73. The molecule has 0 bridgehead atoms. The molecule has 5 heteroatoms. The molecule has 2 aliphatic heterocycles. The third-order valence-electron chi connectivity index (χ3n) is 5.47. The molecule has 1 aromatic rings. The summed E-state index contributed by atoms with van der Waals surface area (Å²) in [6.45, 7) is 4.98. The van der Waals surface area contributed by atoms with Crippen LogP contribution in [0.1, 0.15) is 18.4 Å². The van der Waals surface area contributed by atoms with E-state index < -0.39 is 0 Å². The van der Waals surface area contributed by atoms with Gasteiger partial charge in [-0.1, -0.05) is 30.3 Å². The van der Waals surface area contributed by atoms with Gasteiger partial charge in [0.1, 0.15) is 11.6 Å². The number of nitriles is 1. The first-order valence-corrected chi connectivity index (χ1v) is 9.53. The van der Waals surface area contributed by atoms with Gasteiger partial charge in [-0.05, 0) is 37.8 Å². The molecule has 26 heavy (non-hydrogen) atoms. The van der Waals surface area contributed by atoms with Gasteiger partial charge < -0.3 is 14.7 Å². The van der Waals surface area contributed by atoms with Crippen molar-refractivity contribution in [2.75, 3.05) is 46.3 Å². The van der Waals surface area contributed by atoms with Crippen LogP contribution < -0.4 is 0 Å². The molecule has 5 nitrogen and oxygen atoms in total. The first-order valence-electron chi connectivity index (χ1n) is 9.53. The predicted octanol–water partition coefficient (Wildman–Crippen LogP) is 2.12. The second kappa shape index (κ2) is 8.86. The van der Waals surface area contributed by atoms with E-state index in [0.717, 1.165) is 45.4 Å². The average Bonchev–Trinajstić information content (AvgIpc) is 2.68. The van der Waals surface area contributed by atoms with Gasteiger partial charge in [-0.25, -0.2) is 0 Å².